The van der Waals surface area contributed by atoms with Crippen LogP contribution in [0.25, 0.3) is 0 Å². The van der Waals surface area contributed by atoms with Gasteiger partial charge in [-0.2, -0.15) is 22.4 Å². The van der Waals surface area contributed by atoms with Crippen LogP contribution >= 0.6 is 0 Å². The van der Waals surface area contributed by atoms with Crippen LogP contribution in [0.3, 0.4) is 0 Å². The number of aryl methyl sites for hydroxylation is 2. The number of aromatic nitrogens is 2. The Morgan fingerprint density at radius 1 is 1.39 bits per heavy atom. The lowest BCUT2D eigenvalue weighted by Gasteiger charge is -2.24. The van der Waals surface area contributed by atoms with E-state index in [1.54, 1.807) is 13.8 Å². The molecule has 126 valence electrons. The lowest BCUT2D eigenvalue weighted by atomic mass is 10.2. The fraction of sp³-hybridized carbons (Fsp3) is 0.571. The molecule has 0 aliphatic carbocycles. The summed E-state index contributed by atoms with van der Waals surface area (Å²) < 4.78 is 40.1. The van der Waals surface area contributed by atoms with Gasteiger partial charge in [-0.15, -0.1) is 0 Å². The summed E-state index contributed by atoms with van der Waals surface area (Å²) in [6.07, 6.45) is 1.53. The Labute approximate surface area is 135 Å². The van der Waals surface area contributed by atoms with E-state index in [2.05, 4.69) is 14.9 Å². The van der Waals surface area contributed by atoms with Gasteiger partial charge in [0.2, 0.25) is 5.89 Å². The van der Waals surface area contributed by atoms with Gasteiger partial charge in [0.15, 0.2) is 5.82 Å². The second-order valence-electron chi connectivity index (χ2n) is 5.74. The Bertz CT molecular complexity index is 782. The molecule has 0 saturated carbocycles. The monoisotopic (exact) mass is 340 g/mol. The molecule has 23 heavy (non-hydrogen) atoms. The second-order valence-corrected chi connectivity index (χ2v) is 7.40. The zero-order chi connectivity index (χ0) is 16.6. The van der Waals surface area contributed by atoms with Crippen LogP contribution in [0, 0.1) is 13.8 Å². The van der Waals surface area contributed by atoms with E-state index < -0.39 is 16.3 Å². The molecule has 3 heterocycles. The van der Waals surface area contributed by atoms with Crippen LogP contribution in [0.2, 0.25) is 0 Å². The Balaban J connectivity index is 1.78. The van der Waals surface area contributed by atoms with E-state index in [1.165, 1.54) is 4.31 Å². The highest BCUT2D eigenvalue weighted by atomic mass is 32.2. The standard InChI is InChI=1S/C14H20N4O4S/c1-9-6-7-13(21-9)12-5-4-8-18(12)23(19,20)17-10(2)14-15-11(3)16-22-14/h6-7,10,12,17H,4-5,8H2,1-3H3/t10-,12+/m0/s1. The zero-order valence-electron chi connectivity index (χ0n) is 13.3. The number of nitrogens with zero attached hydrogens (tertiary/aromatic N) is 3. The molecule has 0 radical (unpaired) electrons. The molecular weight excluding hydrogens is 320 g/mol. The van der Waals surface area contributed by atoms with Gasteiger partial charge in [0, 0.05) is 6.54 Å². The molecule has 1 N–H and O–H groups in total. The van der Waals surface area contributed by atoms with Gasteiger partial charge in [0.25, 0.3) is 10.2 Å². The maximum atomic E-state index is 12.7. The summed E-state index contributed by atoms with van der Waals surface area (Å²) in [5, 5.41) is 3.68. The summed E-state index contributed by atoms with van der Waals surface area (Å²) in [5.41, 5.74) is 0. The van der Waals surface area contributed by atoms with Crippen molar-refractivity contribution < 1.29 is 17.4 Å². The van der Waals surface area contributed by atoms with Crippen molar-refractivity contribution in [2.24, 2.45) is 0 Å². The van der Waals surface area contributed by atoms with Crippen LogP contribution in [-0.4, -0.2) is 29.4 Å². The number of hydrogen-bond acceptors (Lipinski definition) is 6. The molecular formula is C14H20N4O4S. The van der Waals surface area contributed by atoms with Gasteiger partial charge < -0.3 is 8.94 Å². The first-order valence-corrected chi connectivity index (χ1v) is 8.96. The molecule has 8 nitrogen and oxygen atoms in total. The molecule has 2 aromatic rings. The van der Waals surface area contributed by atoms with Crippen molar-refractivity contribution in [2.75, 3.05) is 6.54 Å². The third kappa shape index (κ3) is 3.31. The Morgan fingerprint density at radius 3 is 2.78 bits per heavy atom. The molecule has 1 saturated heterocycles. The van der Waals surface area contributed by atoms with Crippen LogP contribution in [-0.2, 0) is 10.2 Å². The Kier molecular flexibility index (Phi) is 4.26. The average molecular weight is 340 g/mol. The summed E-state index contributed by atoms with van der Waals surface area (Å²) in [6.45, 7) is 5.65. The van der Waals surface area contributed by atoms with Crippen molar-refractivity contribution in [3.8, 4) is 0 Å². The minimum Gasteiger partial charge on any atom is -0.465 e. The second kappa shape index (κ2) is 6.06. The van der Waals surface area contributed by atoms with Crippen LogP contribution in [0.4, 0.5) is 0 Å². The van der Waals surface area contributed by atoms with E-state index in [0.717, 1.165) is 18.6 Å². The molecule has 0 spiro atoms. The van der Waals surface area contributed by atoms with E-state index in [4.69, 9.17) is 8.94 Å². The molecule has 1 fully saturated rings. The lowest BCUT2D eigenvalue weighted by molar-refractivity contribution is 0.319. The highest BCUT2D eigenvalue weighted by molar-refractivity contribution is 7.87. The molecule has 2 atom stereocenters. The van der Waals surface area contributed by atoms with Gasteiger partial charge in [0.1, 0.15) is 11.5 Å². The first-order chi connectivity index (χ1) is 10.9. The molecule has 9 heteroatoms. The fourth-order valence-electron chi connectivity index (χ4n) is 2.78. The highest BCUT2D eigenvalue weighted by Gasteiger charge is 2.38. The topological polar surface area (TPSA) is 101 Å². The van der Waals surface area contributed by atoms with Gasteiger partial charge in [0.05, 0.1) is 12.1 Å². The van der Waals surface area contributed by atoms with Gasteiger partial charge in [-0.3, -0.25) is 0 Å². The molecule has 0 amide bonds. The van der Waals surface area contributed by atoms with Gasteiger partial charge in [-0.25, -0.2) is 0 Å². The van der Waals surface area contributed by atoms with Gasteiger partial charge in [-0.1, -0.05) is 5.16 Å². The first-order valence-electron chi connectivity index (χ1n) is 7.52. The number of nitrogens with one attached hydrogen (secondary N) is 1. The van der Waals surface area contributed by atoms with Crippen molar-refractivity contribution in [3.63, 3.8) is 0 Å². The minimum absolute atomic E-state index is 0.246. The molecule has 1 aliphatic rings. The Hall–Kier alpha value is -1.71. The maximum Gasteiger partial charge on any atom is 0.280 e. The molecule has 3 rings (SSSR count). The van der Waals surface area contributed by atoms with Crippen LogP contribution in [0.1, 0.15) is 55.1 Å². The van der Waals surface area contributed by atoms with E-state index in [1.807, 2.05) is 19.1 Å². The summed E-state index contributed by atoms with van der Waals surface area (Å²) in [7, 11) is -3.69. The average Bonchev–Trinajstić information content (AvgIpc) is 3.17. The smallest absolute Gasteiger partial charge is 0.280 e. The van der Waals surface area contributed by atoms with E-state index in [9.17, 15) is 8.42 Å². The van der Waals surface area contributed by atoms with E-state index in [0.29, 0.717) is 18.1 Å². The summed E-state index contributed by atoms with van der Waals surface area (Å²) in [5.74, 6) is 2.16. The van der Waals surface area contributed by atoms with Crippen molar-refractivity contribution in [1.29, 1.82) is 0 Å². The summed E-state index contributed by atoms with van der Waals surface area (Å²) in [4.78, 5) is 4.06. The van der Waals surface area contributed by atoms with E-state index in [-0.39, 0.29) is 11.9 Å². The predicted octanol–water partition coefficient (Wildman–Crippen LogP) is 2.01. The highest BCUT2D eigenvalue weighted by Crippen LogP contribution is 2.35. The normalized spacial score (nSPS) is 20.9. The minimum atomic E-state index is -3.69. The van der Waals surface area contributed by atoms with Gasteiger partial charge in [-0.05, 0) is 45.7 Å². The third-order valence-corrected chi connectivity index (χ3v) is 5.55. The quantitative estimate of drug-likeness (QED) is 0.893. The third-order valence-electron chi connectivity index (χ3n) is 3.84. The number of furan rings is 1. The van der Waals surface area contributed by atoms with E-state index >= 15 is 0 Å². The van der Waals surface area contributed by atoms with Crippen LogP contribution in [0.5, 0.6) is 0 Å². The molecule has 0 bridgehead atoms. The van der Waals surface area contributed by atoms with Crippen molar-refractivity contribution >= 4 is 10.2 Å². The largest absolute Gasteiger partial charge is 0.465 e. The molecule has 0 unspecified atom stereocenters. The van der Waals surface area contributed by atoms with Gasteiger partial charge >= 0.3 is 0 Å². The fourth-order valence-corrected chi connectivity index (χ4v) is 4.37. The molecule has 0 aromatic carbocycles. The Morgan fingerprint density at radius 2 is 2.17 bits per heavy atom. The van der Waals surface area contributed by atoms with Crippen molar-refractivity contribution in [3.05, 3.63) is 35.4 Å². The van der Waals surface area contributed by atoms with Crippen molar-refractivity contribution in [1.82, 2.24) is 19.2 Å². The lowest BCUT2D eigenvalue weighted by Crippen LogP contribution is -2.41. The number of rotatable bonds is 5. The predicted molar refractivity (Wildman–Crippen MR) is 81.6 cm³/mol. The molecule has 2 aromatic heterocycles. The van der Waals surface area contributed by atoms with Crippen molar-refractivity contribution in [2.45, 2.75) is 45.7 Å². The van der Waals surface area contributed by atoms with Crippen LogP contribution < -0.4 is 4.72 Å². The number of hydrogen-bond donors (Lipinski definition) is 1. The maximum absolute atomic E-state index is 12.7. The SMILES string of the molecule is Cc1noc([C@H](C)NS(=O)(=O)N2CCC[C@@H]2c2ccc(C)o2)n1. The summed E-state index contributed by atoms with van der Waals surface area (Å²) in [6, 6.07) is 2.80. The van der Waals surface area contributed by atoms with Crippen LogP contribution in [0.15, 0.2) is 21.1 Å². The summed E-state index contributed by atoms with van der Waals surface area (Å²) >= 11 is 0. The zero-order valence-corrected chi connectivity index (χ0v) is 14.1. The molecule has 1 aliphatic heterocycles. The first kappa shape index (κ1) is 16.2.